The summed E-state index contributed by atoms with van der Waals surface area (Å²) in [5, 5.41) is 0. The smallest absolute Gasteiger partial charge is 0.129 e. The summed E-state index contributed by atoms with van der Waals surface area (Å²) in [6.07, 6.45) is 2.35. The number of pyridine rings is 1. The van der Waals surface area contributed by atoms with Gasteiger partial charge in [-0.2, -0.15) is 0 Å². The van der Waals surface area contributed by atoms with E-state index >= 15 is 0 Å². The van der Waals surface area contributed by atoms with Crippen LogP contribution in [-0.2, 0) is 16.7 Å². The maximum Gasteiger partial charge on any atom is 0.129 e. The molecular weight excluding hydrogens is 262 g/mol. The normalized spacial score (nSPS) is 17.3. The van der Waals surface area contributed by atoms with Crippen molar-refractivity contribution in [3.8, 4) is 0 Å². The van der Waals surface area contributed by atoms with Crippen LogP contribution in [0.5, 0.6) is 0 Å². The van der Waals surface area contributed by atoms with Crippen molar-refractivity contribution >= 4 is 5.82 Å². The fourth-order valence-corrected chi connectivity index (χ4v) is 2.80. The van der Waals surface area contributed by atoms with Crippen molar-refractivity contribution in [2.45, 2.75) is 45.6 Å². The van der Waals surface area contributed by atoms with Gasteiger partial charge in [0, 0.05) is 44.5 Å². The number of ether oxygens (including phenoxy) is 1. The molecule has 0 aromatic carbocycles. The second-order valence-corrected chi connectivity index (χ2v) is 7.06. The van der Waals surface area contributed by atoms with Gasteiger partial charge in [-0.3, -0.25) is 0 Å². The summed E-state index contributed by atoms with van der Waals surface area (Å²) in [7, 11) is 1.79. The van der Waals surface area contributed by atoms with Crippen molar-refractivity contribution in [1.29, 1.82) is 0 Å². The van der Waals surface area contributed by atoms with E-state index in [4.69, 9.17) is 15.5 Å². The highest BCUT2D eigenvalue weighted by atomic mass is 16.5. The maximum absolute atomic E-state index is 5.86. The third-order valence-electron chi connectivity index (χ3n) is 4.22. The summed E-state index contributed by atoms with van der Waals surface area (Å²) in [6.45, 7) is 10.1. The zero-order valence-electron chi connectivity index (χ0n) is 13.9. The predicted octanol–water partition coefficient (Wildman–Crippen LogP) is 2.70. The number of hydrogen-bond acceptors (Lipinski definition) is 4. The van der Waals surface area contributed by atoms with E-state index in [1.165, 1.54) is 18.4 Å². The third-order valence-corrected chi connectivity index (χ3v) is 4.22. The van der Waals surface area contributed by atoms with Crippen molar-refractivity contribution in [2.24, 2.45) is 11.7 Å². The van der Waals surface area contributed by atoms with Crippen molar-refractivity contribution in [3.05, 3.63) is 23.4 Å². The van der Waals surface area contributed by atoms with E-state index in [9.17, 15) is 0 Å². The van der Waals surface area contributed by atoms with E-state index < -0.39 is 0 Å². The van der Waals surface area contributed by atoms with Crippen molar-refractivity contribution in [3.63, 3.8) is 0 Å². The average Bonchev–Trinajstić information content (AvgIpc) is 2.47. The van der Waals surface area contributed by atoms with Gasteiger partial charge in [0.25, 0.3) is 0 Å². The largest absolute Gasteiger partial charge is 0.384 e. The van der Waals surface area contributed by atoms with Crippen molar-refractivity contribution in [2.75, 3.05) is 31.7 Å². The van der Waals surface area contributed by atoms with Gasteiger partial charge in [0.2, 0.25) is 0 Å². The molecule has 0 unspecified atom stereocenters. The highest BCUT2D eigenvalue weighted by molar-refractivity contribution is 5.44. The second-order valence-electron chi connectivity index (χ2n) is 7.06. The molecule has 0 saturated carbocycles. The molecule has 21 heavy (non-hydrogen) atoms. The number of nitrogens with zero attached hydrogens (tertiary/aromatic N) is 2. The Labute approximate surface area is 128 Å². The Morgan fingerprint density at radius 2 is 1.95 bits per heavy atom. The van der Waals surface area contributed by atoms with Crippen LogP contribution >= 0.6 is 0 Å². The lowest BCUT2D eigenvalue weighted by Crippen LogP contribution is -2.36. The predicted molar refractivity (Wildman–Crippen MR) is 87.6 cm³/mol. The summed E-state index contributed by atoms with van der Waals surface area (Å²) in [5.74, 6) is 1.77. The van der Waals surface area contributed by atoms with Gasteiger partial charge in [0.1, 0.15) is 5.82 Å². The maximum atomic E-state index is 5.86. The van der Waals surface area contributed by atoms with Crippen LogP contribution in [0.15, 0.2) is 12.1 Å². The van der Waals surface area contributed by atoms with Gasteiger partial charge in [-0.15, -0.1) is 0 Å². The van der Waals surface area contributed by atoms with Crippen LogP contribution in [0, 0.1) is 5.92 Å². The van der Waals surface area contributed by atoms with Crippen LogP contribution < -0.4 is 10.6 Å². The molecule has 0 spiro atoms. The Kier molecular flexibility index (Phi) is 5.22. The lowest BCUT2D eigenvalue weighted by atomic mass is 9.90. The van der Waals surface area contributed by atoms with Gasteiger partial charge in [-0.05, 0) is 36.5 Å². The fourth-order valence-electron chi connectivity index (χ4n) is 2.80. The number of piperidine rings is 1. The molecule has 118 valence electrons. The summed E-state index contributed by atoms with van der Waals surface area (Å²) in [4.78, 5) is 7.28. The molecule has 1 aliphatic rings. The Morgan fingerprint density at radius 1 is 1.29 bits per heavy atom. The van der Waals surface area contributed by atoms with Gasteiger partial charge < -0.3 is 15.4 Å². The standard InChI is InChI=1S/C17H29N3O/c1-17(2,3)15-9-14(11-18)10-16(19-15)20-7-5-13(6-8-20)12-21-4/h9-10,13H,5-8,11-12,18H2,1-4H3. The van der Waals surface area contributed by atoms with Gasteiger partial charge in [-0.1, -0.05) is 20.8 Å². The fraction of sp³-hybridized carbons (Fsp3) is 0.706. The number of hydrogen-bond donors (Lipinski definition) is 1. The van der Waals surface area contributed by atoms with Crippen LogP contribution in [0.3, 0.4) is 0 Å². The Balaban J connectivity index is 2.16. The molecule has 0 amide bonds. The molecule has 0 radical (unpaired) electrons. The summed E-state index contributed by atoms with van der Waals surface area (Å²) in [6, 6.07) is 4.28. The van der Waals surface area contributed by atoms with Gasteiger partial charge in [-0.25, -0.2) is 4.98 Å². The topological polar surface area (TPSA) is 51.4 Å². The lowest BCUT2D eigenvalue weighted by Gasteiger charge is -2.33. The van der Waals surface area contributed by atoms with E-state index in [0.717, 1.165) is 31.2 Å². The molecule has 2 heterocycles. The van der Waals surface area contributed by atoms with Crippen LogP contribution in [0.2, 0.25) is 0 Å². The Hall–Kier alpha value is -1.13. The van der Waals surface area contributed by atoms with Crippen LogP contribution in [0.4, 0.5) is 5.82 Å². The summed E-state index contributed by atoms with van der Waals surface area (Å²) >= 11 is 0. The van der Waals surface area contributed by atoms with Crippen molar-refractivity contribution in [1.82, 2.24) is 4.98 Å². The first-order valence-electron chi connectivity index (χ1n) is 7.89. The van der Waals surface area contributed by atoms with E-state index in [2.05, 4.69) is 37.8 Å². The minimum atomic E-state index is 0.0499. The quantitative estimate of drug-likeness (QED) is 0.926. The van der Waals surface area contributed by atoms with Gasteiger partial charge in [0.05, 0.1) is 0 Å². The van der Waals surface area contributed by atoms with E-state index in [-0.39, 0.29) is 5.41 Å². The molecule has 4 nitrogen and oxygen atoms in total. The van der Waals surface area contributed by atoms with E-state index in [1.807, 2.05) is 0 Å². The molecule has 1 fully saturated rings. The summed E-state index contributed by atoms with van der Waals surface area (Å²) in [5.41, 5.74) is 8.20. The molecule has 2 rings (SSSR count). The lowest BCUT2D eigenvalue weighted by molar-refractivity contribution is 0.139. The molecule has 1 aromatic heterocycles. The van der Waals surface area contributed by atoms with Gasteiger partial charge >= 0.3 is 0 Å². The van der Waals surface area contributed by atoms with Crippen molar-refractivity contribution < 1.29 is 4.74 Å². The molecule has 1 aliphatic heterocycles. The molecule has 0 aliphatic carbocycles. The highest BCUT2D eigenvalue weighted by Crippen LogP contribution is 2.27. The zero-order valence-corrected chi connectivity index (χ0v) is 13.9. The van der Waals surface area contributed by atoms with Crippen LogP contribution in [0.1, 0.15) is 44.9 Å². The number of anilines is 1. The zero-order chi connectivity index (χ0) is 15.5. The minimum Gasteiger partial charge on any atom is -0.384 e. The minimum absolute atomic E-state index is 0.0499. The Bertz CT molecular complexity index is 460. The number of nitrogens with two attached hydrogens (primary N) is 1. The molecule has 4 heteroatoms. The first-order valence-corrected chi connectivity index (χ1v) is 7.89. The molecule has 1 saturated heterocycles. The highest BCUT2D eigenvalue weighted by Gasteiger charge is 2.22. The van der Waals surface area contributed by atoms with Gasteiger partial charge in [0.15, 0.2) is 0 Å². The first kappa shape index (κ1) is 16.2. The van der Waals surface area contributed by atoms with Crippen LogP contribution in [-0.4, -0.2) is 31.8 Å². The molecule has 0 atom stereocenters. The molecular formula is C17H29N3O. The van der Waals surface area contributed by atoms with E-state index in [1.54, 1.807) is 7.11 Å². The molecule has 1 aromatic rings. The first-order chi connectivity index (χ1) is 9.94. The number of aromatic nitrogens is 1. The van der Waals surface area contributed by atoms with Crippen LogP contribution in [0.25, 0.3) is 0 Å². The molecule has 0 bridgehead atoms. The van der Waals surface area contributed by atoms with E-state index in [0.29, 0.717) is 12.5 Å². The Morgan fingerprint density at radius 3 is 2.48 bits per heavy atom. The third kappa shape index (κ3) is 4.17. The number of rotatable bonds is 4. The monoisotopic (exact) mass is 291 g/mol. The average molecular weight is 291 g/mol. The number of methoxy groups -OCH3 is 1. The SMILES string of the molecule is COCC1CCN(c2cc(CN)cc(C(C)(C)C)n2)CC1. The summed E-state index contributed by atoms with van der Waals surface area (Å²) < 4.78 is 5.27. The molecule has 2 N–H and O–H groups in total. The second kappa shape index (κ2) is 6.75.